The molecule has 0 spiro atoms. The van der Waals surface area contributed by atoms with Crippen LogP contribution in [0.3, 0.4) is 0 Å². The van der Waals surface area contributed by atoms with Gasteiger partial charge in [-0.2, -0.15) is 0 Å². The zero-order valence-corrected chi connectivity index (χ0v) is 7.09. The van der Waals surface area contributed by atoms with E-state index in [1.54, 1.807) is 0 Å². The third kappa shape index (κ3) is 5.61. The van der Waals surface area contributed by atoms with Gasteiger partial charge in [-0.1, -0.05) is 6.58 Å². The molecule has 0 aromatic rings. The van der Waals surface area contributed by atoms with E-state index < -0.39 is 0 Å². The summed E-state index contributed by atoms with van der Waals surface area (Å²) < 4.78 is 5.09. The number of carbonyl (C=O) groups is 1. The van der Waals surface area contributed by atoms with E-state index in [4.69, 9.17) is 4.74 Å². The molecule has 3 nitrogen and oxygen atoms in total. The molecule has 0 radical (unpaired) electrons. The number of ether oxygens (including phenoxy) is 1. The molecule has 64 valence electrons. The Morgan fingerprint density at radius 3 is 2.91 bits per heavy atom. The Kier molecular flexibility index (Phi) is 5.47. The van der Waals surface area contributed by atoms with Gasteiger partial charge in [0.25, 0.3) is 0 Å². The van der Waals surface area contributed by atoms with Crippen LogP contribution in [-0.4, -0.2) is 25.2 Å². The van der Waals surface area contributed by atoms with E-state index in [0.717, 1.165) is 0 Å². The van der Waals surface area contributed by atoms with E-state index in [1.165, 1.54) is 6.08 Å². The van der Waals surface area contributed by atoms with Crippen LogP contribution in [-0.2, 0) is 9.53 Å². The van der Waals surface area contributed by atoms with Gasteiger partial charge in [0, 0.05) is 12.6 Å². The molecule has 3 heteroatoms. The average Bonchev–Trinajstić information content (AvgIpc) is 2.00. The number of hydrogen-bond acceptors (Lipinski definition) is 2. The fourth-order valence-electron chi connectivity index (χ4n) is 0.638. The molecule has 1 unspecified atom stereocenters. The highest BCUT2D eigenvalue weighted by molar-refractivity contribution is 5.87. The van der Waals surface area contributed by atoms with Crippen molar-refractivity contribution < 1.29 is 9.53 Å². The molecule has 1 N–H and O–H groups in total. The minimum Gasteiger partial charge on any atom is -0.380 e. The molecule has 0 aliphatic rings. The summed E-state index contributed by atoms with van der Waals surface area (Å²) in [5.74, 6) is -0.155. The minimum atomic E-state index is -0.155. The van der Waals surface area contributed by atoms with E-state index >= 15 is 0 Å². The molecule has 1 atom stereocenters. The van der Waals surface area contributed by atoms with Gasteiger partial charge in [0.05, 0.1) is 6.61 Å². The lowest BCUT2D eigenvalue weighted by Gasteiger charge is -2.11. The van der Waals surface area contributed by atoms with Crippen molar-refractivity contribution in [2.24, 2.45) is 0 Å². The van der Waals surface area contributed by atoms with Gasteiger partial charge < -0.3 is 10.1 Å². The van der Waals surface area contributed by atoms with Crippen molar-refractivity contribution >= 4 is 5.91 Å². The van der Waals surface area contributed by atoms with Crippen molar-refractivity contribution in [3.05, 3.63) is 12.7 Å². The van der Waals surface area contributed by atoms with Gasteiger partial charge >= 0.3 is 0 Å². The maximum absolute atomic E-state index is 10.7. The van der Waals surface area contributed by atoms with E-state index in [2.05, 4.69) is 11.9 Å². The van der Waals surface area contributed by atoms with Crippen LogP contribution in [0.15, 0.2) is 12.7 Å². The second-order valence-electron chi connectivity index (χ2n) is 2.27. The summed E-state index contributed by atoms with van der Waals surface area (Å²) in [5, 5.41) is 2.68. The van der Waals surface area contributed by atoms with Crippen molar-refractivity contribution in [3.63, 3.8) is 0 Å². The van der Waals surface area contributed by atoms with Crippen molar-refractivity contribution in [1.29, 1.82) is 0 Å². The highest BCUT2D eigenvalue weighted by Crippen LogP contribution is 1.83. The Morgan fingerprint density at radius 1 is 1.82 bits per heavy atom. The number of amides is 1. The molecule has 0 bridgehead atoms. The predicted octanol–water partition coefficient (Wildman–Crippen LogP) is 0.714. The highest BCUT2D eigenvalue weighted by atomic mass is 16.5. The van der Waals surface area contributed by atoms with E-state index in [-0.39, 0.29) is 11.9 Å². The van der Waals surface area contributed by atoms with Crippen LogP contribution in [0.2, 0.25) is 0 Å². The van der Waals surface area contributed by atoms with Crippen molar-refractivity contribution in [2.75, 3.05) is 13.2 Å². The highest BCUT2D eigenvalue weighted by Gasteiger charge is 2.02. The molecular weight excluding hydrogens is 142 g/mol. The summed E-state index contributed by atoms with van der Waals surface area (Å²) in [6, 6.07) is 0.0560. The Hall–Kier alpha value is -0.830. The molecule has 0 rings (SSSR count). The van der Waals surface area contributed by atoms with Gasteiger partial charge in [0.2, 0.25) is 5.91 Å². The SMILES string of the molecule is C=CC(=O)NC(C)COCC. The number of carbonyl (C=O) groups excluding carboxylic acids is 1. The second kappa shape index (κ2) is 5.92. The number of nitrogens with one attached hydrogen (secondary N) is 1. The standard InChI is InChI=1S/C8H15NO2/c1-4-8(10)9-7(3)6-11-5-2/h4,7H,1,5-6H2,2-3H3,(H,9,10). The molecule has 0 aliphatic carbocycles. The molecule has 1 amide bonds. The fourth-order valence-corrected chi connectivity index (χ4v) is 0.638. The van der Waals surface area contributed by atoms with Gasteiger partial charge in [0.15, 0.2) is 0 Å². The molecule has 0 fully saturated rings. The van der Waals surface area contributed by atoms with E-state index in [1.807, 2.05) is 13.8 Å². The lowest BCUT2D eigenvalue weighted by Crippen LogP contribution is -2.34. The summed E-state index contributed by atoms with van der Waals surface area (Å²) in [6.45, 7) is 8.37. The van der Waals surface area contributed by atoms with Crippen LogP contribution >= 0.6 is 0 Å². The first-order valence-corrected chi connectivity index (χ1v) is 3.71. The quantitative estimate of drug-likeness (QED) is 0.597. The third-order valence-electron chi connectivity index (χ3n) is 1.15. The third-order valence-corrected chi connectivity index (χ3v) is 1.15. The van der Waals surface area contributed by atoms with Gasteiger partial charge in [-0.05, 0) is 19.9 Å². The van der Waals surface area contributed by atoms with Crippen molar-refractivity contribution in [3.8, 4) is 0 Å². The van der Waals surface area contributed by atoms with Crippen LogP contribution < -0.4 is 5.32 Å². The summed E-state index contributed by atoms with van der Waals surface area (Å²) in [5.41, 5.74) is 0. The summed E-state index contributed by atoms with van der Waals surface area (Å²) >= 11 is 0. The number of hydrogen-bond donors (Lipinski definition) is 1. The van der Waals surface area contributed by atoms with Crippen LogP contribution in [0.1, 0.15) is 13.8 Å². The van der Waals surface area contributed by atoms with Crippen LogP contribution in [0.4, 0.5) is 0 Å². The van der Waals surface area contributed by atoms with Crippen LogP contribution in [0.5, 0.6) is 0 Å². The topological polar surface area (TPSA) is 38.3 Å². The van der Waals surface area contributed by atoms with Crippen molar-refractivity contribution in [1.82, 2.24) is 5.32 Å². The van der Waals surface area contributed by atoms with Gasteiger partial charge in [-0.3, -0.25) is 4.79 Å². The zero-order valence-electron chi connectivity index (χ0n) is 7.09. The molecule has 11 heavy (non-hydrogen) atoms. The maximum atomic E-state index is 10.7. The molecule has 0 saturated heterocycles. The normalized spacial score (nSPS) is 12.2. The molecule has 0 heterocycles. The lowest BCUT2D eigenvalue weighted by atomic mass is 10.3. The Bertz CT molecular complexity index is 134. The molecular formula is C8H15NO2. The molecule has 0 saturated carbocycles. The first-order valence-electron chi connectivity index (χ1n) is 3.71. The Balaban J connectivity index is 3.43. The van der Waals surface area contributed by atoms with Gasteiger partial charge in [-0.15, -0.1) is 0 Å². The second-order valence-corrected chi connectivity index (χ2v) is 2.27. The lowest BCUT2D eigenvalue weighted by molar-refractivity contribution is -0.117. The zero-order chi connectivity index (χ0) is 8.69. The first kappa shape index (κ1) is 10.2. The fraction of sp³-hybridized carbons (Fsp3) is 0.625. The average molecular weight is 157 g/mol. The largest absolute Gasteiger partial charge is 0.380 e. The van der Waals surface area contributed by atoms with Crippen LogP contribution in [0.25, 0.3) is 0 Å². The predicted molar refractivity (Wildman–Crippen MR) is 44.3 cm³/mol. The molecule has 0 aromatic heterocycles. The summed E-state index contributed by atoms with van der Waals surface area (Å²) in [4.78, 5) is 10.7. The maximum Gasteiger partial charge on any atom is 0.243 e. The Morgan fingerprint density at radius 2 is 2.45 bits per heavy atom. The summed E-state index contributed by atoms with van der Waals surface area (Å²) in [7, 11) is 0. The van der Waals surface area contributed by atoms with Gasteiger partial charge in [0.1, 0.15) is 0 Å². The van der Waals surface area contributed by atoms with E-state index in [0.29, 0.717) is 13.2 Å². The molecule has 0 aromatic carbocycles. The van der Waals surface area contributed by atoms with E-state index in [9.17, 15) is 4.79 Å². The van der Waals surface area contributed by atoms with Crippen molar-refractivity contribution in [2.45, 2.75) is 19.9 Å². The summed E-state index contributed by atoms with van der Waals surface area (Å²) in [6.07, 6.45) is 1.25. The first-order chi connectivity index (χ1) is 5.20. The number of rotatable bonds is 5. The monoisotopic (exact) mass is 157 g/mol. The molecule has 0 aliphatic heterocycles. The van der Waals surface area contributed by atoms with Gasteiger partial charge in [-0.25, -0.2) is 0 Å². The Labute approximate surface area is 67.4 Å². The smallest absolute Gasteiger partial charge is 0.243 e. The van der Waals surface area contributed by atoms with Crippen LogP contribution in [0, 0.1) is 0 Å². The minimum absolute atomic E-state index is 0.0560.